The van der Waals surface area contributed by atoms with Crippen LogP contribution in [0.15, 0.2) is 66.7 Å². The number of anilines is 1. The van der Waals surface area contributed by atoms with Crippen LogP contribution in [0.4, 0.5) is 5.69 Å². The summed E-state index contributed by atoms with van der Waals surface area (Å²) < 4.78 is 11.5. The highest BCUT2D eigenvalue weighted by Gasteiger charge is 2.40. The van der Waals surface area contributed by atoms with Gasteiger partial charge in [-0.15, -0.1) is 0 Å². The lowest BCUT2D eigenvalue weighted by Gasteiger charge is -2.39. The Bertz CT molecular complexity index is 1040. The average molecular weight is 357 g/mol. The van der Waals surface area contributed by atoms with Crippen molar-refractivity contribution in [3.8, 4) is 11.5 Å². The average Bonchev–Trinajstić information content (AvgIpc) is 3.22. The molecule has 1 N–H and O–H groups in total. The Morgan fingerprint density at radius 2 is 1.74 bits per heavy atom. The predicted molar refractivity (Wildman–Crippen MR) is 110 cm³/mol. The van der Waals surface area contributed by atoms with Gasteiger partial charge in [0.15, 0.2) is 0 Å². The van der Waals surface area contributed by atoms with Gasteiger partial charge in [-0.05, 0) is 40.8 Å². The second-order valence-corrected chi connectivity index (χ2v) is 7.30. The molecule has 2 aliphatic rings. The third-order valence-electron chi connectivity index (χ3n) is 6.04. The Morgan fingerprint density at radius 3 is 2.59 bits per heavy atom. The molecule has 27 heavy (non-hydrogen) atoms. The smallest absolute Gasteiger partial charge is 0.142 e. The first kappa shape index (κ1) is 16.2. The number of allylic oxidation sites excluding steroid dienone is 2. The molecule has 3 unspecified atom stereocenters. The Morgan fingerprint density at radius 1 is 0.889 bits per heavy atom. The van der Waals surface area contributed by atoms with Gasteiger partial charge in [-0.3, -0.25) is 0 Å². The van der Waals surface area contributed by atoms with Gasteiger partial charge in [0.2, 0.25) is 0 Å². The van der Waals surface area contributed by atoms with E-state index >= 15 is 0 Å². The highest BCUT2D eigenvalue weighted by molar-refractivity contribution is 5.89. The summed E-state index contributed by atoms with van der Waals surface area (Å²) in [4.78, 5) is 0. The lowest BCUT2D eigenvalue weighted by molar-refractivity contribution is 0.377. The molecule has 0 bridgehead atoms. The molecule has 1 heterocycles. The highest BCUT2D eigenvalue weighted by atomic mass is 16.5. The molecule has 3 aromatic carbocycles. The van der Waals surface area contributed by atoms with Crippen LogP contribution in [0.3, 0.4) is 0 Å². The van der Waals surface area contributed by atoms with E-state index in [9.17, 15) is 0 Å². The molecule has 136 valence electrons. The van der Waals surface area contributed by atoms with Crippen molar-refractivity contribution in [2.24, 2.45) is 5.92 Å². The van der Waals surface area contributed by atoms with E-state index in [0.717, 1.165) is 23.6 Å². The number of nitrogens with one attached hydrogen (secondary N) is 1. The standard InChI is InChI=1S/C24H23NO2/c1-26-20-14-13-15-7-3-4-8-16(15)22(20)24-19-10-5-9-17(19)18-11-6-12-21(27-2)23(18)25-24/h3-9,11-14,17,19,24-25H,10H2,1-2H3. The fraction of sp³-hybridized carbons (Fsp3) is 0.250. The zero-order chi connectivity index (χ0) is 18.4. The van der Waals surface area contributed by atoms with E-state index < -0.39 is 0 Å². The first-order valence-corrected chi connectivity index (χ1v) is 9.47. The second-order valence-electron chi connectivity index (χ2n) is 7.30. The SMILES string of the molecule is COc1cccc2c1NC(c1c(OC)ccc3ccccc13)C1CC=CC21. The van der Waals surface area contributed by atoms with E-state index in [0.29, 0.717) is 11.8 Å². The summed E-state index contributed by atoms with van der Waals surface area (Å²) in [5.74, 6) is 2.69. The third kappa shape index (κ3) is 2.42. The molecule has 3 heteroatoms. The van der Waals surface area contributed by atoms with Gasteiger partial charge in [-0.2, -0.15) is 0 Å². The quantitative estimate of drug-likeness (QED) is 0.611. The molecule has 3 atom stereocenters. The van der Waals surface area contributed by atoms with Crippen LogP contribution >= 0.6 is 0 Å². The molecule has 0 saturated carbocycles. The number of benzene rings is 3. The maximum atomic E-state index is 5.81. The van der Waals surface area contributed by atoms with Crippen molar-refractivity contribution in [3.05, 3.63) is 77.9 Å². The molecule has 0 saturated heterocycles. The van der Waals surface area contributed by atoms with Crippen molar-refractivity contribution >= 4 is 16.5 Å². The van der Waals surface area contributed by atoms with E-state index in [1.165, 1.54) is 21.9 Å². The Hall–Kier alpha value is -2.94. The van der Waals surface area contributed by atoms with Gasteiger partial charge < -0.3 is 14.8 Å². The van der Waals surface area contributed by atoms with Crippen molar-refractivity contribution in [1.82, 2.24) is 0 Å². The van der Waals surface area contributed by atoms with Gasteiger partial charge in [-0.1, -0.05) is 54.6 Å². The van der Waals surface area contributed by atoms with Gasteiger partial charge in [-0.25, -0.2) is 0 Å². The highest BCUT2D eigenvalue weighted by Crippen LogP contribution is 2.54. The largest absolute Gasteiger partial charge is 0.496 e. The van der Waals surface area contributed by atoms with Crippen molar-refractivity contribution in [3.63, 3.8) is 0 Å². The summed E-state index contributed by atoms with van der Waals surface area (Å²) in [5, 5.41) is 6.31. The molecule has 3 nitrogen and oxygen atoms in total. The normalized spacial score (nSPS) is 22.8. The molecule has 0 radical (unpaired) electrons. The topological polar surface area (TPSA) is 30.5 Å². The zero-order valence-corrected chi connectivity index (χ0v) is 15.6. The molecule has 1 aliphatic carbocycles. The first-order valence-electron chi connectivity index (χ1n) is 9.47. The summed E-state index contributed by atoms with van der Waals surface area (Å²) in [7, 11) is 3.50. The lowest BCUT2D eigenvalue weighted by Crippen LogP contribution is -2.29. The van der Waals surface area contributed by atoms with Crippen LogP contribution in [0.25, 0.3) is 10.8 Å². The van der Waals surface area contributed by atoms with E-state index in [2.05, 4.69) is 66.0 Å². The second kappa shape index (κ2) is 6.34. The van der Waals surface area contributed by atoms with Crippen LogP contribution in [0.2, 0.25) is 0 Å². The minimum atomic E-state index is 0.162. The van der Waals surface area contributed by atoms with E-state index in [1.54, 1.807) is 14.2 Å². The van der Waals surface area contributed by atoms with Gasteiger partial charge in [0.1, 0.15) is 11.5 Å². The number of para-hydroxylation sites is 1. The van der Waals surface area contributed by atoms with Crippen molar-refractivity contribution < 1.29 is 9.47 Å². The minimum Gasteiger partial charge on any atom is -0.496 e. The summed E-state index contributed by atoms with van der Waals surface area (Å²) >= 11 is 0. The molecule has 0 fully saturated rings. The van der Waals surface area contributed by atoms with Gasteiger partial charge in [0.25, 0.3) is 0 Å². The monoisotopic (exact) mass is 357 g/mol. The molecule has 3 aromatic rings. The number of hydrogen-bond donors (Lipinski definition) is 1. The summed E-state index contributed by atoms with van der Waals surface area (Å²) in [6.07, 6.45) is 5.73. The number of methoxy groups -OCH3 is 2. The molecule has 0 spiro atoms. The van der Waals surface area contributed by atoms with Gasteiger partial charge in [0, 0.05) is 11.5 Å². The van der Waals surface area contributed by atoms with Crippen molar-refractivity contribution in [1.29, 1.82) is 0 Å². The number of fused-ring (bicyclic) bond motifs is 4. The predicted octanol–water partition coefficient (Wildman–Crippen LogP) is 5.68. The minimum absolute atomic E-state index is 0.162. The Balaban J connectivity index is 1.74. The van der Waals surface area contributed by atoms with Crippen LogP contribution in [0.1, 0.15) is 29.5 Å². The Labute approximate surface area is 159 Å². The Kier molecular flexibility index (Phi) is 3.82. The van der Waals surface area contributed by atoms with E-state index in [-0.39, 0.29) is 6.04 Å². The van der Waals surface area contributed by atoms with Crippen LogP contribution in [0, 0.1) is 5.92 Å². The summed E-state index contributed by atoms with van der Waals surface area (Å²) in [6.45, 7) is 0. The fourth-order valence-corrected chi connectivity index (χ4v) is 4.82. The fourth-order valence-electron chi connectivity index (χ4n) is 4.82. The summed E-state index contributed by atoms with van der Waals surface area (Å²) in [6, 6.07) is 19.3. The number of rotatable bonds is 3. The van der Waals surface area contributed by atoms with Crippen LogP contribution in [0.5, 0.6) is 11.5 Å². The van der Waals surface area contributed by atoms with Gasteiger partial charge >= 0.3 is 0 Å². The first-order chi connectivity index (χ1) is 13.3. The van der Waals surface area contributed by atoms with Crippen LogP contribution in [-0.4, -0.2) is 14.2 Å². The molecular weight excluding hydrogens is 334 g/mol. The maximum Gasteiger partial charge on any atom is 0.142 e. The molecule has 0 aromatic heterocycles. The number of hydrogen-bond acceptors (Lipinski definition) is 3. The van der Waals surface area contributed by atoms with Crippen molar-refractivity contribution in [2.45, 2.75) is 18.4 Å². The summed E-state index contributed by atoms with van der Waals surface area (Å²) in [5.41, 5.74) is 3.67. The van der Waals surface area contributed by atoms with Gasteiger partial charge in [0.05, 0.1) is 25.9 Å². The number of ether oxygens (including phenoxy) is 2. The molecule has 0 amide bonds. The van der Waals surface area contributed by atoms with Crippen LogP contribution in [-0.2, 0) is 0 Å². The zero-order valence-electron chi connectivity index (χ0n) is 15.6. The lowest BCUT2D eigenvalue weighted by atomic mass is 9.76. The van der Waals surface area contributed by atoms with E-state index in [4.69, 9.17) is 9.47 Å². The third-order valence-corrected chi connectivity index (χ3v) is 6.04. The maximum absolute atomic E-state index is 5.81. The molecule has 5 rings (SSSR count). The van der Waals surface area contributed by atoms with Crippen LogP contribution < -0.4 is 14.8 Å². The molecule has 1 aliphatic heterocycles. The molecular formula is C24H23NO2. The van der Waals surface area contributed by atoms with Crippen molar-refractivity contribution in [2.75, 3.05) is 19.5 Å². The van der Waals surface area contributed by atoms with E-state index in [1.807, 2.05) is 6.07 Å².